The highest BCUT2D eigenvalue weighted by Crippen LogP contribution is 2.28. The molecule has 1 atom stereocenters. The van der Waals surface area contributed by atoms with Crippen LogP contribution in [0.25, 0.3) is 0 Å². The molecule has 22 heavy (non-hydrogen) atoms. The molecule has 2 rings (SSSR count). The molecule has 1 aliphatic heterocycles. The summed E-state index contributed by atoms with van der Waals surface area (Å²) in [4.78, 5) is 14.7. The second-order valence-electron chi connectivity index (χ2n) is 5.43. The normalized spacial score (nSPS) is 18.4. The van der Waals surface area contributed by atoms with E-state index in [1.165, 1.54) is 24.0 Å². The number of anilines is 1. The van der Waals surface area contributed by atoms with Gasteiger partial charge in [-0.1, -0.05) is 6.07 Å². The predicted octanol–water partition coefficient (Wildman–Crippen LogP) is 3.10. The molecule has 0 saturated carbocycles. The molecule has 1 aliphatic rings. The smallest absolute Gasteiger partial charge is 0.368 e. The summed E-state index contributed by atoms with van der Waals surface area (Å²) in [5.41, 5.74) is 0.451. The third kappa shape index (κ3) is 3.40. The minimum absolute atomic E-state index is 0.000167. The number of hydrogen-bond donors (Lipinski definition) is 0. The van der Waals surface area contributed by atoms with Gasteiger partial charge in [-0.3, -0.25) is 9.69 Å². The summed E-state index contributed by atoms with van der Waals surface area (Å²) in [5, 5.41) is 0. The summed E-state index contributed by atoms with van der Waals surface area (Å²) in [6.45, 7) is 3.50. The van der Waals surface area contributed by atoms with Crippen LogP contribution in [-0.4, -0.2) is 49.1 Å². The number of halogens is 4. The molecule has 1 heterocycles. The van der Waals surface area contributed by atoms with Crippen molar-refractivity contribution in [1.29, 1.82) is 0 Å². The molecule has 122 valence electrons. The van der Waals surface area contributed by atoms with E-state index >= 15 is 0 Å². The average Bonchev–Trinajstić information content (AvgIpc) is 2.45. The summed E-state index contributed by atoms with van der Waals surface area (Å²) in [6, 6.07) is 2.83. The fourth-order valence-corrected chi connectivity index (χ4v) is 2.68. The molecule has 0 aromatic heterocycles. The summed E-state index contributed by atoms with van der Waals surface area (Å²) in [5.74, 6) is -0.990. The second kappa shape index (κ2) is 6.24. The Morgan fingerprint density at radius 2 is 1.77 bits per heavy atom. The van der Waals surface area contributed by atoms with Crippen LogP contribution in [0.15, 0.2) is 18.2 Å². The Morgan fingerprint density at radius 3 is 2.27 bits per heavy atom. The molecule has 1 unspecified atom stereocenters. The van der Waals surface area contributed by atoms with Crippen LogP contribution < -0.4 is 4.90 Å². The zero-order chi connectivity index (χ0) is 16.5. The van der Waals surface area contributed by atoms with Crippen LogP contribution in [0, 0.1) is 5.82 Å². The van der Waals surface area contributed by atoms with Crippen molar-refractivity contribution in [3.63, 3.8) is 0 Å². The van der Waals surface area contributed by atoms with Crippen LogP contribution in [0.2, 0.25) is 0 Å². The Labute approximate surface area is 126 Å². The predicted molar refractivity (Wildman–Crippen MR) is 75.7 cm³/mol. The highest BCUT2D eigenvalue weighted by Gasteiger charge is 2.41. The number of alkyl halides is 3. The maximum Gasteiger partial charge on any atom is 0.403 e. The quantitative estimate of drug-likeness (QED) is 0.632. The number of hydrogen-bond acceptors (Lipinski definition) is 3. The van der Waals surface area contributed by atoms with Gasteiger partial charge in [-0.25, -0.2) is 4.39 Å². The lowest BCUT2D eigenvalue weighted by Crippen LogP contribution is -2.53. The largest absolute Gasteiger partial charge is 0.403 e. The first-order valence-electron chi connectivity index (χ1n) is 7.07. The molecule has 3 nitrogen and oxygen atoms in total. The molecule has 1 aromatic rings. The lowest BCUT2D eigenvalue weighted by atomic mass is 10.1. The van der Waals surface area contributed by atoms with Crippen molar-refractivity contribution >= 4 is 11.5 Å². The number of carbonyl (C=O) groups is 1. The Bertz CT molecular complexity index is 551. The number of carbonyl (C=O) groups excluding carboxylic acids is 1. The van der Waals surface area contributed by atoms with Gasteiger partial charge in [0, 0.05) is 26.2 Å². The van der Waals surface area contributed by atoms with Gasteiger partial charge in [-0.15, -0.1) is 0 Å². The number of ketones is 1. The van der Waals surface area contributed by atoms with E-state index in [0.717, 1.165) is 6.92 Å². The Hall–Kier alpha value is -1.63. The Kier molecular flexibility index (Phi) is 4.75. The number of piperazine rings is 1. The first-order chi connectivity index (χ1) is 10.2. The van der Waals surface area contributed by atoms with Crippen LogP contribution in [0.3, 0.4) is 0 Å². The van der Waals surface area contributed by atoms with Gasteiger partial charge in [0.1, 0.15) is 11.9 Å². The number of rotatable bonds is 3. The zero-order valence-electron chi connectivity index (χ0n) is 12.5. The van der Waals surface area contributed by atoms with Crippen molar-refractivity contribution in [3.05, 3.63) is 29.6 Å². The van der Waals surface area contributed by atoms with Gasteiger partial charge in [0.2, 0.25) is 0 Å². The van der Waals surface area contributed by atoms with E-state index < -0.39 is 18.0 Å². The molecule has 0 bridgehead atoms. The molecule has 1 aromatic carbocycles. The summed E-state index contributed by atoms with van der Waals surface area (Å²) < 4.78 is 52.0. The van der Waals surface area contributed by atoms with Crippen molar-refractivity contribution < 1.29 is 22.4 Å². The second-order valence-corrected chi connectivity index (χ2v) is 5.43. The minimum atomic E-state index is -4.26. The molecule has 7 heteroatoms. The first kappa shape index (κ1) is 16.7. The minimum Gasteiger partial charge on any atom is -0.368 e. The lowest BCUT2D eigenvalue weighted by Gasteiger charge is -2.40. The molecule has 0 N–H and O–H groups in total. The molecule has 0 radical (unpaired) electrons. The highest BCUT2D eigenvalue weighted by atomic mass is 19.4. The average molecular weight is 318 g/mol. The fourth-order valence-electron chi connectivity index (χ4n) is 2.68. The number of benzene rings is 1. The van der Waals surface area contributed by atoms with E-state index in [9.17, 15) is 22.4 Å². The van der Waals surface area contributed by atoms with E-state index in [-0.39, 0.29) is 24.4 Å². The van der Waals surface area contributed by atoms with Crippen molar-refractivity contribution in [2.45, 2.75) is 26.1 Å². The third-order valence-electron chi connectivity index (χ3n) is 4.02. The van der Waals surface area contributed by atoms with Crippen LogP contribution in [0.1, 0.15) is 24.2 Å². The van der Waals surface area contributed by atoms with E-state index in [2.05, 4.69) is 0 Å². The molecule has 0 aliphatic carbocycles. The van der Waals surface area contributed by atoms with Crippen molar-refractivity contribution in [2.75, 3.05) is 31.1 Å². The van der Waals surface area contributed by atoms with Gasteiger partial charge in [-0.2, -0.15) is 13.2 Å². The summed E-state index contributed by atoms with van der Waals surface area (Å²) in [6.07, 6.45) is -4.26. The molecular formula is C15H18F4N2O. The highest BCUT2D eigenvalue weighted by molar-refractivity contribution is 6.00. The molecule has 0 amide bonds. The van der Waals surface area contributed by atoms with Gasteiger partial charge in [0.15, 0.2) is 5.78 Å². The first-order valence-corrected chi connectivity index (χ1v) is 7.07. The molecular weight excluding hydrogens is 300 g/mol. The van der Waals surface area contributed by atoms with Crippen LogP contribution in [-0.2, 0) is 0 Å². The lowest BCUT2D eigenvalue weighted by molar-refractivity contribution is -0.179. The maximum atomic E-state index is 13.8. The fraction of sp³-hybridized carbons (Fsp3) is 0.533. The van der Waals surface area contributed by atoms with Gasteiger partial charge < -0.3 is 4.90 Å². The monoisotopic (exact) mass is 318 g/mol. The molecule has 1 fully saturated rings. The van der Waals surface area contributed by atoms with Gasteiger partial charge >= 0.3 is 6.18 Å². The van der Waals surface area contributed by atoms with Crippen LogP contribution >= 0.6 is 0 Å². The van der Waals surface area contributed by atoms with Crippen molar-refractivity contribution in [3.8, 4) is 0 Å². The van der Waals surface area contributed by atoms with E-state index in [0.29, 0.717) is 18.8 Å². The van der Waals surface area contributed by atoms with Crippen molar-refractivity contribution in [2.24, 2.45) is 0 Å². The van der Waals surface area contributed by atoms with Crippen LogP contribution in [0.5, 0.6) is 0 Å². The van der Waals surface area contributed by atoms with E-state index in [1.807, 2.05) is 0 Å². The summed E-state index contributed by atoms with van der Waals surface area (Å²) in [7, 11) is 0. The van der Waals surface area contributed by atoms with Gasteiger partial charge in [0.25, 0.3) is 0 Å². The summed E-state index contributed by atoms with van der Waals surface area (Å²) >= 11 is 0. The van der Waals surface area contributed by atoms with Crippen molar-refractivity contribution in [1.82, 2.24) is 4.90 Å². The van der Waals surface area contributed by atoms with Crippen LogP contribution in [0.4, 0.5) is 23.2 Å². The number of nitrogens with zero attached hydrogens (tertiary/aromatic N) is 2. The van der Waals surface area contributed by atoms with E-state index in [4.69, 9.17) is 0 Å². The van der Waals surface area contributed by atoms with Gasteiger partial charge in [0.05, 0.1) is 11.3 Å². The van der Waals surface area contributed by atoms with Gasteiger partial charge in [-0.05, 0) is 26.0 Å². The molecule has 1 saturated heterocycles. The number of Topliss-reactive ketones (excluding diaryl/α,β-unsaturated/α-hetero) is 1. The SMILES string of the molecule is CC(=O)c1c(F)cccc1N1CCN(C(C)C(F)(F)F)CC1. The third-order valence-corrected chi connectivity index (χ3v) is 4.02. The Morgan fingerprint density at radius 1 is 1.18 bits per heavy atom. The van der Waals surface area contributed by atoms with E-state index in [1.54, 1.807) is 11.0 Å². The molecule has 0 spiro atoms. The zero-order valence-corrected chi connectivity index (χ0v) is 12.5. The Balaban J connectivity index is 2.13. The standard InChI is InChI=1S/C15H18F4N2O/c1-10(22)14-12(16)4-3-5-13(14)21-8-6-20(7-9-21)11(2)15(17,18)19/h3-5,11H,6-9H2,1-2H3. The topological polar surface area (TPSA) is 23.6 Å². The maximum absolute atomic E-state index is 13.8.